The topological polar surface area (TPSA) is 132 Å². The second-order valence-corrected chi connectivity index (χ2v) is 16.1. The largest absolute Gasteiger partial charge is 0.508 e. The predicted octanol–water partition coefficient (Wildman–Crippen LogP) is 5.43. The molecule has 14 heteroatoms. The summed E-state index contributed by atoms with van der Waals surface area (Å²) in [7, 11) is 1.63. The minimum absolute atomic E-state index is 0.00796. The van der Waals surface area contributed by atoms with Gasteiger partial charge >= 0.3 is 0 Å². The highest BCUT2D eigenvalue weighted by Gasteiger charge is 2.45. The molecule has 3 fully saturated rings. The van der Waals surface area contributed by atoms with Gasteiger partial charge in [0.15, 0.2) is 0 Å². The monoisotopic (exact) mass is 805 g/mol. The Morgan fingerprint density at radius 2 is 1.51 bits per heavy atom. The Bertz CT molecular complexity index is 2340. The smallest absolute Gasteiger partial charge is 0.262 e. The lowest BCUT2D eigenvalue weighted by Gasteiger charge is -2.40. The van der Waals surface area contributed by atoms with Crippen molar-refractivity contribution in [3.05, 3.63) is 112 Å². The van der Waals surface area contributed by atoms with Crippen LogP contribution in [0.1, 0.15) is 74.9 Å². The first-order chi connectivity index (χ1) is 28.6. The van der Waals surface area contributed by atoms with E-state index < -0.39 is 35.5 Å². The fourth-order valence-electron chi connectivity index (χ4n) is 9.56. The summed E-state index contributed by atoms with van der Waals surface area (Å²) in [6, 6.07) is 19.9. The van der Waals surface area contributed by atoms with E-state index in [4.69, 9.17) is 9.47 Å². The number of rotatable bonds is 8. The van der Waals surface area contributed by atoms with Crippen molar-refractivity contribution in [3.8, 4) is 17.2 Å². The van der Waals surface area contributed by atoms with Crippen molar-refractivity contribution >= 4 is 35.0 Å². The maximum Gasteiger partial charge on any atom is 0.262 e. The van der Waals surface area contributed by atoms with E-state index in [0.717, 1.165) is 65.9 Å². The number of hydrogen-bond donors (Lipinski definition) is 2. The summed E-state index contributed by atoms with van der Waals surface area (Å²) in [5.74, 6) is -1.91. The first-order valence-electron chi connectivity index (χ1n) is 20.2. The number of nitrogens with one attached hydrogen (secondary N) is 1. The van der Waals surface area contributed by atoms with E-state index in [9.17, 15) is 24.3 Å². The van der Waals surface area contributed by atoms with Crippen LogP contribution >= 0.6 is 0 Å². The number of aromatic hydroxyl groups is 1. The lowest BCUT2D eigenvalue weighted by atomic mass is 9.75. The molecule has 2 N–H and O–H groups in total. The minimum atomic E-state index is -1.11. The molecule has 5 aliphatic rings. The van der Waals surface area contributed by atoms with Gasteiger partial charge in [-0.25, -0.2) is 8.78 Å². The van der Waals surface area contributed by atoms with E-state index in [2.05, 4.69) is 15.1 Å². The number of fused-ring (bicyclic) bond motifs is 2. The highest BCUT2D eigenvalue weighted by Crippen LogP contribution is 2.48. The summed E-state index contributed by atoms with van der Waals surface area (Å²) in [5, 5.41) is 12.3. The van der Waals surface area contributed by atoms with Crippen LogP contribution in [0.3, 0.4) is 0 Å². The van der Waals surface area contributed by atoms with Crippen molar-refractivity contribution in [1.82, 2.24) is 15.1 Å². The molecule has 9 rings (SSSR count). The van der Waals surface area contributed by atoms with Crippen molar-refractivity contribution < 1.29 is 42.5 Å². The molecule has 5 aliphatic heterocycles. The molecule has 0 aromatic heterocycles. The Kier molecular flexibility index (Phi) is 10.2. The van der Waals surface area contributed by atoms with Gasteiger partial charge in [0.2, 0.25) is 11.8 Å². The third kappa shape index (κ3) is 7.23. The quantitative estimate of drug-likeness (QED) is 0.223. The average molecular weight is 806 g/mol. The maximum atomic E-state index is 16.2. The average Bonchev–Trinajstić information content (AvgIpc) is 3.47. The van der Waals surface area contributed by atoms with Crippen LogP contribution in [0.15, 0.2) is 72.8 Å². The summed E-state index contributed by atoms with van der Waals surface area (Å²) in [5.41, 5.74) is 3.54. The predicted molar refractivity (Wildman–Crippen MR) is 214 cm³/mol. The first-order valence-corrected chi connectivity index (χ1v) is 20.2. The van der Waals surface area contributed by atoms with Gasteiger partial charge in [0.25, 0.3) is 11.8 Å². The van der Waals surface area contributed by atoms with Crippen LogP contribution in [0.25, 0.3) is 0 Å². The van der Waals surface area contributed by atoms with Gasteiger partial charge in [0, 0.05) is 75.7 Å². The molecule has 59 heavy (non-hydrogen) atoms. The first kappa shape index (κ1) is 38.5. The molecule has 0 bridgehead atoms. The standard InChI is InChI=1S/C45H45F2N5O7/c1-58-30-4-2-3-27(19-30)34-25-59-40-21-29(53)6-7-31(40)42(34)28-5-8-37(35(46)20-28)50-13-11-26(12-14-50)24-49-15-17-51(18-16-49)39-23-33-32(22-36(39)47)44(56)52(45(33)57)38-9-10-41(54)48-43(38)55/h2-8,19-23,26,34,38,42,53H,9-18,24-25H2,1H3,(H,48,54,55)/t34-,38?,42-/m1/s1. The van der Waals surface area contributed by atoms with Crippen molar-refractivity contribution in [1.29, 1.82) is 0 Å². The number of phenolic OH excluding ortho intramolecular Hbond substituents is 1. The highest BCUT2D eigenvalue weighted by atomic mass is 19.1. The van der Waals surface area contributed by atoms with Gasteiger partial charge in [0.1, 0.15) is 34.9 Å². The number of methoxy groups -OCH3 is 1. The van der Waals surface area contributed by atoms with E-state index in [-0.39, 0.29) is 53.1 Å². The number of piperazine rings is 1. The molecule has 1 unspecified atom stereocenters. The van der Waals surface area contributed by atoms with Gasteiger partial charge < -0.3 is 24.4 Å². The Balaban J connectivity index is 0.818. The number of benzene rings is 4. The number of ether oxygens (including phenoxy) is 2. The van der Waals surface area contributed by atoms with Crippen LogP contribution in [0.4, 0.5) is 20.2 Å². The SMILES string of the molecule is COc1cccc([C@H]2COc3cc(O)ccc3[C@H]2c2ccc(N3CCC(CN4CCN(c5cc6c(cc5F)C(=O)N(C5CCC(=O)NC5=O)C6=O)CC4)CC3)c(F)c2)c1. The van der Waals surface area contributed by atoms with E-state index in [0.29, 0.717) is 50.1 Å². The van der Waals surface area contributed by atoms with Crippen LogP contribution in [0.5, 0.6) is 17.2 Å². The van der Waals surface area contributed by atoms with E-state index >= 15 is 8.78 Å². The van der Waals surface area contributed by atoms with Crippen molar-refractivity contribution in [2.45, 2.75) is 43.6 Å². The van der Waals surface area contributed by atoms with Crippen molar-refractivity contribution in [2.24, 2.45) is 5.92 Å². The zero-order valence-corrected chi connectivity index (χ0v) is 32.7. The summed E-state index contributed by atoms with van der Waals surface area (Å²) in [6.07, 6.45) is 1.84. The van der Waals surface area contributed by atoms with Crippen LogP contribution in [0.2, 0.25) is 0 Å². The number of phenols is 1. The van der Waals surface area contributed by atoms with Crippen LogP contribution in [-0.2, 0) is 9.59 Å². The zero-order valence-electron chi connectivity index (χ0n) is 32.7. The second kappa shape index (κ2) is 15.6. The zero-order chi connectivity index (χ0) is 40.9. The number of nitrogens with zero attached hydrogens (tertiary/aromatic N) is 4. The summed E-state index contributed by atoms with van der Waals surface area (Å²) in [4.78, 5) is 57.8. The molecule has 0 spiro atoms. The Morgan fingerprint density at radius 3 is 2.24 bits per heavy atom. The van der Waals surface area contributed by atoms with Gasteiger partial charge in [-0.3, -0.25) is 34.3 Å². The minimum Gasteiger partial charge on any atom is -0.508 e. The summed E-state index contributed by atoms with van der Waals surface area (Å²) < 4.78 is 43.3. The molecule has 0 saturated carbocycles. The summed E-state index contributed by atoms with van der Waals surface area (Å²) in [6.45, 7) is 5.10. The van der Waals surface area contributed by atoms with Crippen molar-refractivity contribution in [2.75, 3.05) is 69.3 Å². The third-order valence-corrected chi connectivity index (χ3v) is 12.7. The van der Waals surface area contributed by atoms with Gasteiger partial charge in [-0.1, -0.05) is 24.3 Å². The van der Waals surface area contributed by atoms with Crippen LogP contribution in [-0.4, -0.2) is 104 Å². The number of halogens is 2. The number of imide groups is 2. The number of hydrogen-bond acceptors (Lipinski definition) is 10. The molecule has 3 saturated heterocycles. The maximum absolute atomic E-state index is 16.2. The molecule has 306 valence electrons. The third-order valence-electron chi connectivity index (χ3n) is 12.7. The molecule has 0 aliphatic carbocycles. The molecule has 5 heterocycles. The number of carbonyl (C=O) groups is 4. The van der Waals surface area contributed by atoms with Crippen LogP contribution < -0.4 is 24.6 Å². The number of carbonyl (C=O) groups excluding carboxylic acids is 4. The molecule has 12 nitrogen and oxygen atoms in total. The van der Waals surface area contributed by atoms with E-state index in [1.54, 1.807) is 25.3 Å². The lowest BCUT2D eigenvalue weighted by Crippen LogP contribution is -2.54. The van der Waals surface area contributed by atoms with Gasteiger partial charge in [-0.05, 0) is 78.8 Å². The summed E-state index contributed by atoms with van der Waals surface area (Å²) >= 11 is 0. The Labute approximate surface area is 340 Å². The fraction of sp³-hybridized carbons (Fsp3) is 0.378. The second-order valence-electron chi connectivity index (χ2n) is 16.1. The molecule has 4 amide bonds. The van der Waals surface area contributed by atoms with E-state index in [1.807, 2.05) is 47.4 Å². The number of anilines is 2. The number of piperidine rings is 2. The Morgan fingerprint density at radius 1 is 0.780 bits per heavy atom. The normalized spacial score (nSPS) is 22.6. The number of amides is 4. The molecule has 3 atom stereocenters. The molecular formula is C45H45F2N5O7. The molecule has 4 aromatic carbocycles. The van der Waals surface area contributed by atoms with Crippen molar-refractivity contribution in [3.63, 3.8) is 0 Å². The van der Waals surface area contributed by atoms with Gasteiger partial charge in [0.05, 0.1) is 36.2 Å². The van der Waals surface area contributed by atoms with Crippen LogP contribution in [0, 0.1) is 17.6 Å². The van der Waals surface area contributed by atoms with E-state index in [1.165, 1.54) is 6.07 Å². The van der Waals surface area contributed by atoms with Gasteiger partial charge in [-0.2, -0.15) is 0 Å². The molecule has 4 aromatic rings. The Hall–Kier alpha value is -6.02. The fourth-order valence-corrected chi connectivity index (χ4v) is 9.56. The highest BCUT2D eigenvalue weighted by molar-refractivity contribution is 6.23. The molecular weight excluding hydrogens is 761 g/mol. The lowest BCUT2D eigenvalue weighted by molar-refractivity contribution is -0.136. The molecule has 0 radical (unpaired) electrons. The van der Waals surface area contributed by atoms with Gasteiger partial charge in [-0.15, -0.1) is 0 Å².